The van der Waals surface area contributed by atoms with Crippen LogP contribution >= 0.6 is 0 Å². The van der Waals surface area contributed by atoms with Gasteiger partial charge >= 0.3 is 12.0 Å². The molecule has 1 saturated heterocycles. The number of nitrogens with zero attached hydrogens (tertiary/aromatic N) is 1. The average molecular weight is 297 g/mol. The van der Waals surface area contributed by atoms with Gasteiger partial charge in [0.15, 0.2) is 0 Å². The van der Waals surface area contributed by atoms with Crippen LogP contribution in [-0.2, 0) is 9.59 Å². The molecule has 1 saturated carbocycles. The fraction of sp³-hybridized carbons (Fsp3) is 0.786. The largest absolute Gasteiger partial charge is 0.481 e. The van der Waals surface area contributed by atoms with Crippen molar-refractivity contribution in [1.29, 1.82) is 0 Å². The summed E-state index contributed by atoms with van der Waals surface area (Å²) in [6, 6.07) is -0.402. The number of rotatable bonds is 5. The molecule has 7 nitrogen and oxygen atoms in total. The maximum Gasteiger partial charge on any atom is 0.315 e. The summed E-state index contributed by atoms with van der Waals surface area (Å²) in [7, 11) is 0. The van der Waals surface area contributed by atoms with Gasteiger partial charge in [-0.05, 0) is 32.1 Å². The third-order valence-electron chi connectivity index (χ3n) is 4.20. The quantitative estimate of drug-likeness (QED) is 0.690. The van der Waals surface area contributed by atoms with Crippen molar-refractivity contribution < 1.29 is 19.5 Å². The molecule has 1 aliphatic heterocycles. The Hall–Kier alpha value is -1.79. The summed E-state index contributed by atoms with van der Waals surface area (Å²) in [6.07, 6.45) is 4.22. The highest BCUT2D eigenvalue weighted by atomic mass is 16.4. The molecule has 0 aromatic carbocycles. The first-order chi connectivity index (χ1) is 10.1. The maximum absolute atomic E-state index is 11.8. The van der Waals surface area contributed by atoms with Crippen molar-refractivity contribution in [2.75, 3.05) is 19.6 Å². The first kappa shape index (κ1) is 15.6. The van der Waals surface area contributed by atoms with Crippen molar-refractivity contribution in [2.24, 2.45) is 5.92 Å². The van der Waals surface area contributed by atoms with Gasteiger partial charge in [0.25, 0.3) is 0 Å². The predicted molar refractivity (Wildman–Crippen MR) is 75.7 cm³/mol. The summed E-state index contributed by atoms with van der Waals surface area (Å²) in [6.45, 7) is 1.96. The molecule has 1 aliphatic carbocycles. The van der Waals surface area contributed by atoms with Gasteiger partial charge in [-0.1, -0.05) is 0 Å². The van der Waals surface area contributed by atoms with Crippen LogP contribution in [-0.4, -0.2) is 53.6 Å². The van der Waals surface area contributed by atoms with Crippen LogP contribution in [0.1, 0.15) is 38.5 Å². The van der Waals surface area contributed by atoms with Crippen molar-refractivity contribution in [3.8, 4) is 0 Å². The molecule has 0 radical (unpaired) electrons. The van der Waals surface area contributed by atoms with Crippen LogP contribution in [0.3, 0.4) is 0 Å². The third kappa shape index (κ3) is 4.61. The van der Waals surface area contributed by atoms with Crippen LogP contribution in [0, 0.1) is 5.92 Å². The zero-order valence-electron chi connectivity index (χ0n) is 12.1. The number of hydrogen-bond acceptors (Lipinski definition) is 3. The van der Waals surface area contributed by atoms with Crippen LogP contribution in [0.5, 0.6) is 0 Å². The van der Waals surface area contributed by atoms with Gasteiger partial charge in [0.1, 0.15) is 0 Å². The highest BCUT2D eigenvalue weighted by Crippen LogP contribution is 2.25. The molecular weight excluding hydrogens is 274 g/mol. The standard InChI is InChI=1S/C14H23N3O4/c18-12(17-7-1-2-8-17)5-6-15-14(21)16-11-4-3-10(9-11)13(19)20/h10-11H,1-9H2,(H,19,20)(H2,15,16,21). The second-order valence-electron chi connectivity index (χ2n) is 5.78. The molecule has 3 amide bonds. The van der Waals surface area contributed by atoms with E-state index in [9.17, 15) is 14.4 Å². The second kappa shape index (κ2) is 7.28. The van der Waals surface area contributed by atoms with Crippen LogP contribution in [0.2, 0.25) is 0 Å². The van der Waals surface area contributed by atoms with Gasteiger partial charge in [-0.2, -0.15) is 0 Å². The van der Waals surface area contributed by atoms with E-state index >= 15 is 0 Å². The van der Waals surface area contributed by atoms with E-state index in [-0.39, 0.29) is 23.9 Å². The molecule has 2 unspecified atom stereocenters. The van der Waals surface area contributed by atoms with Crippen LogP contribution in [0.4, 0.5) is 4.79 Å². The lowest BCUT2D eigenvalue weighted by Crippen LogP contribution is -2.42. The summed E-state index contributed by atoms with van der Waals surface area (Å²) in [5.41, 5.74) is 0. The highest BCUT2D eigenvalue weighted by Gasteiger charge is 2.30. The van der Waals surface area contributed by atoms with Gasteiger partial charge in [-0.25, -0.2) is 4.79 Å². The Morgan fingerprint density at radius 2 is 1.86 bits per heavy atom. The topological polar surface area (TPSA) is 98.7 Å². The number of carboxylic acid groups (broad SMARTS) is 1. The van der Waals surface area contributed by atoms with Gasteiger partial charge < -0.3 is 20.6 Å². The van der Waals surface area contributed by atoms with Crippen molar-refractivity contribution >= 4 is 17.9 Å². The van der Waals surface area contributed by atoms with Crippen molar-refractivity contribution in [3.05, 3.63) is 0 Å². The van der Waals surface area contributed by atoms with Crippen LogP contribution in [0.25, 0.3) is 0 Å². The molecule has 0 aromatic rings. The Labute approximate surface area is 124 Å². The van der Waals surface area contributed by atoms with E-state index in [1.165, 1.54) is 0 Å². The van der Waals surface area contributed by atoms with E-state index < -0.39 is 5.97 Å². The molecule has 21 heavy (non-hydrogen) atoms. The van der Waals surface area contributed by atoms with Crippen molar-refractivity contribution in [2.45, 2.75) is 44.6 Å². The van der Waals surface area contributed by atoms with Crippen molar-refractivity contribution in [3.63, 3.8) is 0 Å². The minimum atomic E-state index is -0.795. The number of carbonyl (C=O) groups is 3. The fourth-order valence-corrected chi connectivity index (χ4v) is 2.98. The minimum Gasteiger partial charge on any atom is -0.481 e. The zero-order chi connectivity index (χ0) is 15.2. The number of carbonyl (C=O) groups excluding carboxylic acids is 2. The molecule has 0 bridgehead atoms. The highest BCUT2D eigenvalue weighted by molar-refractivity contribution is 5.78. The van der Waals surface area contributed by atoms with E-state index in [0.29, 0.717) is 32.2 Å². The van der Waals surface area contributed by atoms with Gasteiger partial charge in [0, 0.05) is 32.1 Å². The summed E-state index contributed by atoms with van der Waals surface area (Å²) < 4.78 is 0. The molecule has 2 aliphatic rings. The first-order valence-electron chi connectivity index (χ1n) is 7.61. The Balaban J connectivity index is 1.59. The van der Waals surface area contributed by atoms with E-state index in [0.717, 1.165) is 25.9 Å². The molecule has 118 valence electrons. The van der Waals surface area contributed by atoms with Gasteiger partial charge in [0.2, 0.25) is 5.91 Å². The summed E-state index contributed by atoms with van der Waals surface area (Å²) in [5.74, 6) is -1.07. The van der Waals surface area contributed by atoms with Gasteiger partial charge in [0.05, 0.1) is 5.92 Å². The van der Waals surface area contributed by atoms with Gasteiger partial charge in [-0.15, -0.1) is 0 Å². The summed E-state index contributed by atoms with van der Waals surface area (Å²) in [5, 5.41) is 14.3. The zero-order valence-corrected chi connectivity index (χ0v) is 12.1. The van der Waals surface area contributed by atoms with E-state index in [1.54, 1.807) is 0 Å². The first-order valence-corrected chi connectivity index (χ1v) is 7.61. The average Bonchev–Trinajstić information content (AvgIpc) is 3.09. The maximum atomic E-state index is 11.8. The number of carboxylic acids is 1. The lowest BCUT2D eigenvalue weighted by molar-refractivity contribution is -0.141. The predicted octanol–water partition coefficient (Wildman–Crippen LogP) is 0.551. The van der Waals surface area contributed by atoms with E-state index in [4.69, 9.17) is 5.11 Å². The van der Waals surface area contributed by atoms with Crippen LogP contribution < -0.4 is 10.6 Å². The monoisotopic (exact) mass is 297 g/mol. The number of likely N-dealkylation sites (tertiary alicyclic amines) is 1. The summed E-state index contributed by atoms with van der Waals surface area (Å²) in [4.78, 5) is 36.1. The molecule has 2 rings (SSSR count). The Morgan fingerprint density at radius 1 is 1.14 bits per heavy atom. The molecule has 2 fully saturated rings. The second-order valence-corrected chi connectivity index (χ2v) is 5.78. The van der Waals surface area contributed by atoms with Crippen LogP contribution in [0.15, 0.2) is 0 Å². The van der Waals surface area contributed by atoms with E-state index in [2.05, 4.69) is 10.6 Å². The molecule has 2 atom stereocenters. The summed E-state index contributed by atoms with van der Waals surface area (Å²) >= 11 is 0. The van der Waals surface area contributed by atoms with E-state index in [1.807, 2.05) is 4.90 Å². The number of nitrogens with one attached hydrogen (secondary N) is 2. The molecular formula is C14H23N3O4. The van der Waals surface area contributed by atoms with Crippen molar-refractivity contribution in [1.82, 2.24) is 15.5 Å². The lowest BCUT2D eigenvalue weighted by Gasteiger charge is -2.16. The lowest BCUT2D eigenvalue weighted by atomic mass is 10.1. The minimum absolute atomic E-state index is 0.0830. The molecule has 0 spiro atoms. The Bertz CT molecular complexity index is 407. The van der Waals surface area contributed by atoms with Gasteiger partial charge in [-0.3, -0.25) is 9.59 Å². The normalized spacial score (nSPS) is 24.9. The fourth-order valence-electron chi connectivity index (χ4n) is 2.98. The number of amides is 3. The number of urea groups is 1. The third-order valence-corrected chi connectivity index (χ3v) is 4.20. The Morgan fingerprint density at radius 3 is 2.48 bits per heavy atom. The number of hydrogen-bond donors (Lipinski definition) is 3. The molecule has 1 heterocycles. The molecule has 7 heteroatoms. The Kier molecular flexibility index (Phi) is 5.41. The SMILES string of the molecule is O=C(NCCC(=O)N1CCCC1)NC1CCC(C(=O)O)C1. The molecule has 0 aromatic heterocycles. The number of aliphatic carboxylic acids is 1. The molecule has 3 N–H and O–H groups in total. The smallest absolute Gasteiger partial charge is 0.315 e.